The molecule has 0 unspecified atom stereocenters. The van der Waals surface area contributed by atoms with Crippen molar-refractivity contribution in [3.8, 4) is 5.75 Å². The first-order chi connectivity index (χ1) is 7.58. The van der Waals surface area contributed by atoms with Gasteiger partial charge in [-0.2, -0.15) is 0 Å². The molecule has 0 aliphatic heterocycles. The van der Waals surface area contributed by atoms with E-state index < -0.39 is 12.1 Å². The average molecular weight is 238 g/mol. The highest BCUT2D eigenvalue weighted by Crippen LogP contribution is 2.26. The third-order valence-electron chi connectivity index (χ3n) is 2.07. The molecular formula is C11H12BClO3. The van der Waals surface area contributed by atoms with Crippen molar-refractivity contribution in [2.24, 2.45) is 0 Å². The third-order valence-corrected chi connectivity index (χ3v) is 2.38. The molecule has 1 atom stereocenters. The highest BCUT2D eigenvalue weighted by molar-refractivity contribution is 6.32. The fourth-order valence-electron chi connectivity index (χ4n) is 1.17. The molecule has 0 N–H and O–H groups in total. The quantitative estimate of drug-likeness (QED) is 0.594. The van der Waals surface area contributed by atoms with Gasteiger partial charge in [0.1, 0.15) is 5.75 Å². The lowest BCUT2D eigenvalue weighted by atomic mass is 9.97. The maximum atomic E-state index is 11.2. The van der Waals surface area contributed by atoms with Crippen LogP contribution in [-0.2, 0) is 15.9 Å². The summed E-state index contributed by atoms with van der Waals surface area (Å²) >= 11 is 5.93. The van der Waals surface area contributed by atoms with Crippen LogP contribution in [0.15, 0.2) is 18.2 Å². The second-order valence-electron chi connectivity index (χ2n) is 3.25. The summed E-state index contributed by atoms with van der Waals surface area (Å²) < 4.78 is 9.93. The number of ether oxygens (including phenoxy) is 2. The second-order valence-corrected chi connectivity index (χ2v) is 3.66. The molecule has 16 heavy (non-hydrogen) atoms. The van der Waals surface area contributed by atoms with E-state index in [-0.39, 0.29) is 0 Å². The lowest BCUT2D eigenvalue weighted by molar-refractivity contribution is -0.147. The maximum absolute atomic E-state index is 11.2. The van der Waals surface area contributed by atoms with Crippen LogP contribution < -0.4 is 4.74 Å². The normalized spacial score (nSPS) is 11.9. The summed E-state index contributed by atoms with van der Waals surface area (Å²) in [6.45, 7) is 1.59. The number of hydrogen-bond acceptors (Lipinski definition) is 3. The number of carbonyl (C=O) groups excluding carboxylic acids is 1. The van der Waals surface area contributed by atoms with E-state index in [0.29, 0.717) is 17.1 Å². The summed E-state index contributed by atoms with van der Waals surface area (Å²) in [4.78, 5) is 11.2. The molecule has 0 amide bonds. The molecule has 3 nitrogen and oxygen atoms in total. The van der Waals surface area contributed by atoms with Crippen molar-refractivity contribution in [1.82, 2.24) is 0 Å². The second kappa shape index (κ2) is 5.80. The molecule has 0 aromatic heterocycles. The molecule has 0 saturated heterocycles. The Kier molecular flexibility index (Phi) is 4.68. The predicted molar refractivity (Wildman–Crippen MR) is 63.0 cm³/mol. The van der Waals surface area contributed by atoms with E-state index in [2.05, 4.69) is 4.74 Å². The monoisotopic (exact) mass is 238 g/mol. The third kappa shape index (κ3) is 3.17. The molecule has 5 heteroatoms. The molecule has 1 aromatic carbocycles. The van der Waals surface area contributed by atoms with Crippen molar-refractivity contribution >= 4 is 25.4 Å². The minimum Gasteiger partial charge on any atom is -0.477 e. The summed E-state index contributed by atoms with van der Waals surface area (Å²) in [5.74, 6) is -0.0169. The van der Waals surface area contributed by atoms with Gasteiger partial charge >= 0.3 is 5.97 Å². The first-order valence-electron chi connectivity index (χ1n) is 4.81. The Balaban J connectivity index is 2.83. The Morgan fingerprint density at radius 3 is 2.81 bits per heavy atom. The summed E-state index contributed by atoms with van der Waals surface area (Å²) in [6, 6.07) is 5.20. The smallest absolute Gasteiger partial charge is 0.346 e. The highest BCUT2D eigenvalue weighted by Gasteiger charge is 2.16. The molecule has 0 spiro atoms. The van der Waals surface area contributed by atoms with Crippen LogP contribution in [0.2, 0.25) is 5.02 Å². The summed E-state index contributed by atoms with van der Waals surface area (Å²) in [6.07, 6.45) is -0.310. The van der Waals surface area contributed by atoms with Gasteiger partial charge in [0.25, 0.3) is 0 Å². The fraction of sp³-hybridized carbons (Fsp3) is 0.364. The van der Waals surface area contributed by atoms with E-state index in [4.69, 9.17) is 24.2 Å². The van der Waals surface area contributed by atoms with Crippen molar-refractivity contribution in [2.45, 2.75) is 19.3 Å². The number of esters is 1. The van der Waals surface area contributed by atoms with Gasteiger partial charge in [0.15, 0.2) is 6.10 Å². The zero-order valence-electron chi connectivity index (χ0n) is 9.20. The van der Waals surface area contributed by atoms with Crippen LogP contribution in [0, 0.1) is 0 Å². The summed E-state index contributed by atoms with van der Waals surface area (Å²) in [5.41, 5.74) is 0.886. The number of carbonyl (C=O) groups is 1. The van der Waals surface area contributed by atoms with Crippen LogP contribution in [0.3, 0.4) is 0 Å². The first-order valence-corrected chi connectivity index (χ1v) is 5.19. The van der Waals surface area contributed by atoms with Gasteiger partial charge in [-0.25, -0.2) is 4.79 Å². The number of benzene rings is 1. The Morgan fingerprint density at radius 2 is 2.25 bits per heavy atom. The van der Waals surface area contributed by atoms with Gasteiger partial charge in [-0.3, -0.25) is 0 Å². The topological polar surface area (TPSA) is 35.5 Å². The van der Waals surface area contributed by atoms with Gasteiger partial charge in [0.05, 0.1) is 20.0 Å². The lowest BCUT2D eigenvalue weighted by Gasteiger charge is -2.14. The van der Waals surface area contributed by atoms with E-state index in [1.807, 2.05) is 0 Å². The standard InChI is InChI=1S/C11H12BClO3/c1-7(11(14)15-2)16-10-5-8(6-12)3-4-9(10)13/h3-5,7H,6H2,1-2H3/t7-/m0/s1. The van der Waals surface area contributed by atoms with Crippen LogP contribution in [0.5, 0.6) is 5.75 Å². The van der Waals surface area contributed by atoms with E-state index in [1.54, 1.807) is 25.1 Å². The minimum absolute atomic E-state index is 0.389. The van der Waals surface area contributed by atoms with Gasteiger partial charge in [-0.05, 0) is 19.1 Å². The minimum atomic E-state index is -0.699. The van der Waals surface area contributed by atoms with Crippen LogP contribution in [0.25, 0.3) is 0 Å². The van der Waals surface area contributed by atoms with E-state index in [0.717, 1.165) is 5.56 Å². The van der Waals surface area contributed by atoms with Gasteiger partial charge < -0.3 is 9.47 Å². The molecule has 84 valence electrons. The van der Waals surface area contributed by atoms with Crippen LogP contribution in [-0.4, -0.2) is 27.0 Å². The number of hydrogen-bond donors (Lipinski definition) is 0. The molecule has 0 aliphatic carbocycles. The number of methoxy groups -OCH3 is 1. The maximum Gasteiger partial charge on any atom is 0.346 e. The summed E-state index contributed by atoms with van der Waals surface area (Å²) in [5, 5.41) is 0.438. The molecule has 0 heterocycles. The molecular weight excluding hydrogens is 226 g/mol. The number of halogens is 1. The van der Waals surface area contributed by atoms with Gasteiger partial charge in [-0.15, -0.1) is 0 Å². The number of rotatable bonds is 4. The molecule has 1 rings (SSSR count). The van der Waals surface area contributed by atoms with Crippen LogP contribution >= 0.6 is 11.6 Å². The Hall–Kier alpha value is -1.16. The molecule has 1 aromatic rings. The van der Waals surface area contributed by atoms with E-state index in [9.17, 15) is 4.79 Å². The van der Waals surface area contributed by atoms with Crippen molar-refractivity contribution < 1.29 is 14.3 Å². The molecule has 2 radical (unpaired) electrons. The zero-order valence-corrected chi connectivity index (χ0v) is 9.95. The SMILES string of the molecule is [B]Cc1ccc(Cl)c(O[C@@H](C)C(=O)OC)c1. The molecule has 0 aliphatic rings. The zero-order chi connectivity index (χ0) is 12.1. The van der Waals surface area contributed by atoms with Crippen LogP contribution in [0.1, 0.15) is 12.5 Å². The van der Waals surface area contributed by atoms with Gasteiger partial charge in [0, 0.05) is 0 Å². The van der Waals surface area contributed by atoms with Gasteiger partial charge in [-0.1, -0.05) is 29.6 Å². The fourth-order valence-corrected chi connectivity index (χ4v) is 1.33. The van der Waals surface area contributed by atoms with Crippen molar-refractivity contribution in [3.05, 3.63) is 28.8 Å². The Morgan fingerprint density at radius 1 is 1.56 bits per heavy atom. The largest absolute Gasteiger partial charge is 0.477 e. The van der Waals surface area contributed by atoms with Crippen molar-refractivity contribution in [3.63, 3.8) is 0 Å². The molecule has 0 saturated carbocycles. The van der Waals surface area contributed by atoms with E-state index in [1.165, 1.54) is 7.11 Å². The summed E-state index contributed by atoms with van der Waals surface area (Å²) in [7, 11) is 6.80. The highest BCUT2D eigenvalue weighted by atomic mass is 35.5. The van der Waals surface area contributed by atoms with Crippen molar-refractivity contribution in [2.75, 3.05) is 7.11 Å². The Bertz CT molecular complexity index is 381. The molecule has 0 bridgehead atoms. The lowest BCUT2D eigenvalue weighted by Crippen LogP contribution is -2.25. The average Bonchev–Trinajstić information content (AvgIpc) is 2.30. The predicted octanol–water partition coefficient (Wildman–Crippen LogP) is 1.95. The van der Waals surface area contributed by atoms with E-state index >= 15 is 0 Å². The first kappa shape index (κ1) is 12.9. The van der Waals surface area contributed by atoms with Crippen molar-refractivity contribution in [1.29, 1.82) is 0 Å². The van der Waals surface area contributed by atoms with Crippen LogP contribution in [0.4, 0.5) is 0 Å². The molecule has 0 fully saturated rings. The Labute approximate surface area is 101 Å². The van der Waals surface area contributed by atoms with Gasteiger partial charge in [0.2, 0.25) is 0 Å².